The summed E-state index contributed by atoms with van der Waals surface area (Å²) in [5.74, 6) is 0.599. The molecule has 0 unspecified atom stereocenters. The second kappa shape index (κ2) is 10.0. The van der Waals surface area contributed by atoms with Crippen LogP contribution in [0.2, 0.25) is 0 Å². The standard InChI is InChI=1S/C23H30N2O5S/c1-4-18-8-11-20(12-9-18)31(27,28)25(17-23(26)24-14-6-5-7-15-24)21-16-19(29-2)10-13-22(21)30-3/h8-13,16H,4-7,14-15,17H2,1-3H3. The van der Waals surface area contributed by atoms with Gasteiger partial charge in [0, 0.05) is 19.2 Å². The number of hydrogen-bond donors (Lipinski definition) is 0. The molecule has 0 aliphatic carbocycles. The number of sulfonamides is 1. The molecule has 7 nitrogen and oxygen atoms in total. The molecular formula is C23H30N2O5S. The Morgan fingerprint density at radius 3 is 2.26 bits per heavy atom. The van der Waals surface area contributed by atoms with Crippen LogP contribution in [-0.2, 0) is 21.2 Å². The van der Waals surface area contributed by atoms with Gasteiger partial charge in [-0.15, -0.1) is 0 Å². The zero-order valence-electron chi connectivity index (χ0n) is 18.3. The third-order valence-electron chi connectivity index (χ3n) is 5.56. The van der Waals surface area contributed by atoms with Crippen LogP contribution in [0.4, 0.5) is 5.69 Å². The highest BCUT2D eigenvalue weighted by molar-refractivity contribution is 7.92. The van der Waals surface area contributed by atoms with Crippen molar-refractivity contribution >= 4 is 21.6 Å². The van der Waals surface area contributed by atoms with Gasteiger partial charge in [-0.2, -0.15) is 0 Å². The lowest BCUT2D eigenvalue weighted by Crippen LogP contribution is -2.45. The lowest BCUT2D eigenvalue weighted by molar-refractivity contribution is -0.130. The first-order valence-corrected chi connectivity index (χ1v) is 12.0. The van der Waals surface area contributed by atoms with Crippen molar-refractivity contribution in [1.29, 1.82) is 0 Å². The Hall–Kier alpha value is -2.74. The molecule has 31 heavy (non-hydrogen) atoms. The number of rotatable bonds is 8. The van der Waals surface area contributed by atoms with Crippen molar-refractivity contribution in [1.82, 2.24) is 4.90 Å². The monoisotopic (exact) mass is 446 g/mol. The van der Waals surface area contributed by atoms with E-state index in [1.807, 2.05) is 6.92 Å². The summed E-state index contributed by atoms with van der Waals surface area (Å²) in [6, 6.07) is 11.7. The third-order valence-corrected chi connectivity index (χ3v) is 7.34. The molecule has 1 heterocycles. The summed E-state index contributed by atoms with van der Waals surface area (Å²) >= 11 is 0. The van der Waals surface area contributed by atoms with E-state index in [0.29, 0.717) is 24.6 Å². The molecule has 1 fully saturated rings. The van der Waals surface area contributed by atoms with E-state index in [-0.39, 0.29) is 23.0 Å². The van der Waals surface area contributed by atoms with Gasteiger partial charge in [-0.25, -0.2) is 8.42 Å². The summed E-state index contributed by atoms with van der Waals surface area (Å²) in [4.78, 5) is 14.9. The number of nitrogens with zero attached hydrogens (tertiary/aromatic N) is 2. The Morgan fingerprint density at radius 2 is 1.68 bits per heavy atom. The number of methoxy groups -OCH3 is 2. The fourth-order valence-corrected chi connectivity index (χ4v) is 5.10. The summed E-state index contributed by atoms with van der Waals surface area (Å²) < 4.78 is 39.2. The molecule has 0 atom stereocenters. The van der Waals surface area contributed by atoms with Gasteiger partial charge in [0.15, 0.2) is 0 Å². The van der Waals surface area contributed by atoms with Crippen LogP contribution in [0.25, 0.3) is 0 Å². The van der Waals surface area contributed by atoms with E-state index in [4.69, 9.17) is 9.47 Å². The van der Waals surface area contributed by atoms with Crippen molar-refractivity contribution in [2.24, 2.45) is 0 Å². The fourth-order valence-electron chi connectivity index (χ4n) is 3.68. The summed E-state index contributed by atoms with van der Waals surface area (Å²) in [6.07, 6.45) is 3.75. The van der Waals surface area contributed by atoms with Gasteiger partial charge in [-0.1, -0.05) is 19.1 Å². The number of carbonyl (C=O) groups excluding carboxylic acids is 1. The second-order valence-corrected chi connectivity index (χ2v) is 9.35. The van der Waals surface area contributed by atoms with Gasteiger partial charge in [-0.3, -0.25) is 9.10 Å². The van der Waals surface area contributed by atoms with Crippen molar-refractivity contribution in [2.45, 2.75) is 37.5 Å². The van der Waals surface area contributed by atoms with Crippen LogP contribution in [0.3, 0.4) is 0 Å². The van der Waals surface area contributed by atoms with E-state index in [1.54, 1.807) is 47.4 Å². The molecule has 2 aromatic carbocycles. The Bertz CT molecular complexity index is 999. The molecule has 8 heteroatoms. The van der Waals surface area contributed by atoms with Crippen molar-refractivity contribution in [3.63, 3.8) is 0 Å². The average molecular weight is 447 g/mol. The Balaban J connectivity index is 2.06. The third kappa shape index (κ3) is 5.12. The smallest absolute Gasteiger partial charge is 0.264 e. The van der Waals surface area contributed by atoms with Crippen LogP contribution < -0.4 is 13.8 Å². The molecule has 2 aromatic rings. The summed E-state index contributed by atoms with van der Waals surface area (Å²) in [7, 11) is -1.04. The van der Waals surface area contributed by atoms with Crippen LogP contribution in [0.5, 0.6) is 11.5 Å². The molecule has 3 rings (SSSR count). The van der Waals surface area contributed by atoms with Gasteiger partial charge in [0.2, 0.25) is 5.91 Å². The molecule has 1 aliphatic rings. The molecular weight excluding hydrogens is 416 g/mol. The van der Waals surface area contributed by atoms with E-state index in [9.17, 15) is 13.2 Å². The molecule has 0 spiro atoms. The van der Waals surface area contributed by atoms with Crippen LogP contribution in [0.1, 0.15) is 31.7 Å². The molecule has 0 N–H and O–H groups in total. The van der Waals surface area contributed by atoms with Crippen LogP contribution in [0.15, 0.2) is 47.4 Å². The van der Waals surface area contributed by atoms with Crippen LogP contribution >= 0.6 is 0 Å². The first-order valence-electron chi connectivity index (χ1n) is 10.5. The largest absolute Gasteiger partial charge is 0.497 e. The number of piperidine rings is 1. The summed E-state index contributed by atoms with van der Waals surface area (Å²) in [5.41, 5.74) is 1.31. The molecule has 168 valence electrons. The minimum Gasteiger partial charge on any atom is -0.497 e. The summed E-state index contributed by atoms with van der Waals surface area (Å²) in [5, 5.41) is 0. The van der Waals surface area contributed by atoms with E-state index in [2.05, 4.69) is 0 Å². The highest BCUT2D eigenvalue weighted by Gasteiger charge is 2.31. The van der Waals surface area contributed by atoms with Crippen molar-refractivity contribution in [2.75, 3.05) is 38.2 Å². The zero-order chi connectivity index (χ0) is 22.4. The van der Waals surface area contributed by atoms with E-state index >= 15 is 0 Å². The SMILES string of the molecule is CCc1ccc(S(=O)(=O)N(CC(=O)N2CCCCC2)c2cc(OC)ccc2OC)cc1. The van der Waals surface area contributed by atoms with E-state index in [0.717, 1.165) is 35.6 Å². The number of anilines is 1. The van der Waals surface area contributed by atoms with Gasteiger partial charge in [0.1, 0.15) is 18.0 Å². The Morgan fingerprint density at radius 1 is 1.00 bits per heavy atom. The highest BCUT2D eigenvalue weighted by Crippen LogP contribution is 2.36. The maximum Gasteiger partial charge on any atom is 0.264 e. The van der Waals surface area contributed by atoms with Gasteiger partial charge >= 0.3 is 0 Å². The topological polar surface area (TPSA) is 76.2 Å². The molecule has 0 saturated carbocycles. The molecule has 1 saturated heterocycles. The van der Waals surface area contributed by atoms with Crippen molar-refractivity contribution in [3.8, 4) is 11.5 Å². The van der Waals surface area contributed by atoms with Crippen LogP contribution in [-0.4, -0.2) is 53.1 Å². The number of likely N-dealkylation sites (tertiary alicyclic amines) is 1. The Kier molecular flexibility index (Phi) is 7.43. The molecule has 1 aliphatic heterocycles. The first-order chi connectivity index (χ1) is 14.9. The quantitative estimate of drug-likeness (QED) is 0.621. The van der Waals surface area contributed by atoms with Crippen molar-refractivity contribution < 1.29 is 22.7 Å². The number of amides is 1. The van der Waals surface area contributed by atoms with Gasteiger partial charge in [0.25, 0.3) is 10.0 Å². The molecule has 1 amide bonds. The van der Waals surface area contributed by atoms with Gasteiger partial charge < -0.3 is 14.4 Å². The van der Waals surface area contributed by atoms with Gasteiger partial charge in [0.05, 0.1) is 24.8 Å². The minimum absolute atomic E-state index is 0.126. The molecule has 0 bridgehead atoms. The highest BCUT2D eigenvalue weighted by atomic mass is 32.2. The minimum atomic E-state index is -4.02. The lowest BCUT2D eigenvalue weighted by atomic mass is 10.1. The van der Waals surface area contributed by atoms with E-state index in [1.165, 1.54) is 14.2 Å². The number of aryl methyl sites for hydroxylation is 1. The fraction of sp³-hybridized carbons (Fsp3) is 0.435. The lowest BCUT2D eigenvalue weighted by Gasteiger charge is -2.31. The number of carbonyl (C=O) groups is 1. The number of ether oxygens (including phenoxy) is 2. The zero-order valence-corrected chi connectivity index (χ0v) is 19.2. The number of hydrogen-bond acceptors (Lipinski definition) is 5. The number of benzene rings is 2. The van der Waals surface area contributed by atoms with Crippen molar-refractivity contribution in [3.05, 3.63) is 48.0 Å². The maximum absolute atomic E-state index is 13.7. The maximum atomic E-state index is 13.7. The van der Waals surface area contributed by atoms with Gasteiger partial charge in [-0.05, 0) is 55.5 Å². The average Bonchev–Trinajstić information content (AvgIpc) is 2.82. The second-order valence-electron chi connectivity index (χ2n) is 7.49. The predicted octanol–water partition coefficient (Wildman–Crippen LogP) is 3.47. The first kappa shape index (κ1) is 22.9. The predicted molar refractivity (Wildman–Crippen MR) is 120 cm³/mol. The van der Waals surface area contributed by atoms with Crippen LogP contribution in [0, 0.1) is 0 Å². The normalized spacial score (nSPS) is 14.2. The summed E-state index contributed by atoms with van der Waals surface area (Å²) in [6.45, 7) is 3.00. The Labute approximate surface area is 184 Å². The van der Waals surface area contributed by atoms with E-state index < -0.39 is 10.0 Å². The molecule has 0 radical (unpaired) electrons. The molecule has 0 aromatic heterocycles.